The normalized spacial score (nSPS) is 14.7. The lowest BCUT2D eigenvalue weighted by Gasteiger charge is -2.32. The molecule has 0 aromatic carbocycles. The van der Waals surface area contributed by atoms with Crippen molar-refractivity contribution >= 4 is 28.2 Å². The molecule has 0 unspecified atom stereocenters. The van der Waals surface area contributed by atoms with Crippen molar-refractivity contribution in [1.29, 1.82) is 0 Å². The van der Waals surface area contributed by atoms with Gasteiger partial charge in [0, 0.05) is 38.0 Å². The molecule has 3 aromatic heterocycles. The molecule has 0 atom stereocenters. The van der Waals surface area contributed by atoms with Crippen LogP contribution in [0.2, 0.25) is 0 Å². The van der Waals surface area contributed by atoms with E-state index in [1.165, 1.54) is 11.3 Å². The number of nitrogens with one attached hydrogen (secondary N) is 1. The van der Waals surface area contributed by atoms with Gasteiger partial charge in [0.25, 0.3) is 5.89 Å². The van der Waals surface area contributed by atoms with Crippen molar-refractivity contribution in [3.8, 4) is 11.5 Å². The molecule has 31 heavy (non-hydrogen) atoms. The van der Waals surface area contributed by atoms with Gasteiger partial charge in [0.15, 0.2) is 5.82 Å². The molecule has 1 N–H and O–H groups in total. The summed E-state index contributed by atoms with van der Waals surface area (Å²) in [6.07, 6.45) is 5.76. The standard InChI is InChI=1S/C20H26N8O2S/c1-4-6-16-25-26-20(31-16)24-18(29)13-7-9-28(10-8-13)17-14(11-21-12(3)22-17)19-23-15(5-2)27-30-19/h11,13H,4-10H2,1-3H3,(H,24,26,29). The Morgan fingerprint density at radius 3 is 2.77 bits per heavy atom. The molecule has 3 aromatic rings. The summed E-state index contributed by atoms with van der Waals surface area (Å²) in [7, 11) is 0. The topological polar surface area (TPSA) is 123 Å². The quantitative estimate of drug-likeness (QED) is 0.588. The van der Waals surface area contributed by atoms with Gasteiger partial charge in [-0.05, 0) is 26.2 Å². The number of nitrogens with zero attached hydrogens (tertiary/aromatic N) is 7. The second kappa shape index (κ2) is 9.46. The molecule has 1 amide bonds. The van der Waals surface area contributed by atoms with E-state index in [9.17, 15) is 4.79 Å². The van der Waals surface area contributed by atoms with Crippen molar-refractivity contribution in [3.63, 3.8) is 0 Å². The maximum atomic E-state index is 12.7. The number of piperidine rings is 1. The molecule has 4 heterocycles. The zero-order valence-electron chi connectivity index (χ0n) is 18.0. The molecule has 0 bridgehead atoms. The summed E-state index contributed by atoms with van der Waals surface area (Å²) in [6.45, 7) is 7.33. The fourth-order valence-corrected chi connectivity index (χ4v) is 4.38. The highest BCUT2D eigenvalue weighted by Gasteiger charge is 2.29. The lowest BCUT2D eigenvalue weighted by Crippen LogP contribution is -2.39. The molecule has 164 valence electrons. The molecule has 10 nitrogen and oxygen atoms in total. The smallest absolute Gasteiger partial charge is 0.263 e. The molecule has 1 fully saturated rings. The number of carbonyl (C=O) groups is 1. The van der Waals surface area contributed by atoms with Gasteiger partial charge in [0.1, 0.15) is 22.2 Å². The molecule has 0 spiro atoms. The number of hydrogen-bond donors (Lipinski definition) is 1. The van der Waals surface area contributed by atoms with Gasteiger partial charge in [0.05, 0.1) is 0 Å². The van der Waals surface area contributed by atoms with Crippen LogP contribution in [0.5, 0.6) is 0 Å². The molecule has 1 aliphatic heterocycles. The first-order valence-corrected chi connectivity index (χ1v) is 11.4. The van der Waals surface area contributed by atoms with Crippen LogP contribution in [0.25, 0.3) is 11.5 Å². The van der Waals surface area contributed by atoms with Crippen LogP contribution in [0.15, 0.2) is 10.7 Å². The van der Waals surface area contributed by atoms with Gasteiger partial charge in [-0.15, -0.1) is 10.2 Å². The summed E-state index contributed by atoms with van der Waals surface area (Å²) in [6, 6.07) is 0. The summed E-state index contributed by atoms with van der Waals surface area (Å²) in [5.74, 6) is 2.44. The van der Waals surface area contributed by atoms with Gasteiger partial charge < -0.3 is 14.7 Å². The Balaban J connectivity index is 1.42. The van der Waals surface area contributed by atoms with Crippen molar-refractivity contribution in [1.82, 2.24) is 30.3 Å². The zero-order chi connectivity index (χ0) is 21.8. The number of aromatic nitrogens is 6. The first-order valence-electron chi connectivity index (χ1n) is 10.6. The average Bonchev–Trinajstić information content (AvgIpc) is 3.43. The van der Waals surface area contributed by atoms with Gasteiger partial charge in [0.2, 0.25) is 11.0 Å². The van der Waals surface area contributed by atoms with Crippen molar-refractivity contribution in [3.05, 3.63) is 22.9 Å². The van der Waals surface area contributed by atoms with Crippen LogP contribution in [-0.2, 0) is 17.6 Å². The summed E-state index contributed by atoms with van der Waals surface area (Å²) in [4.78, 5) is 28.2. The van der Waals surface area contributed by atoms with Gasteiger partial charge in [-0.2, -0.15) is 4.98 Å². The summed E-state index contributed by atoms with van der Waals surface area (Å²) in [5, 5.41) is 16.6. The van der Waals surface area contributed by atoms with Gasteiger partial charge in [-0.1, -0.05) is 30.3 Å². The Morgan fingerprint density at radius 1 is 1.26 bits per heavy atom. The summed E-state index contributed by atoms with van der Waals surface area (Å²) >= 11 is 1.45. The van der Waals surface area contributed by atoms with E-state index in [-0.39, 0.29) is 11.8 Å². The molecule has 1 saturated heterocycles. The highest BCUT2D eigenvalue weighted by atomic mass is 32.1. The number of hydrogen-bond acceptors (Lipinski definition) is 10. The van der Waals surface area contributed by atoms with Crippen LogP contribution < -0.4 is 10.2 Å². The maximum Gasteiger partial charge on any atom is 0.263 e. The third kappa shape index (κ3) is 4.87. The van der Waals surface area contributed by atoms with Gasteiger partial charge in [-0.3, -0.25) is 4.79 Å². The van der Waals surface area contributed by atoms with Gasteiger partial charge in [-0.25, -0.2) is 9.97 Å². The van der Waals surface area contributed by atoms with E-state index >= 15 is 0 Å². The monoisotopic (exact) mass is 442 g/mol. The van der Waals surface area contributed by atoms with Crippen molar-refractivity contribution in [2.45, 2.75) is 52.9 Å². The Bertz CT molecular complexity index is 1040. The Morgan fingerprint density at radius 2 is 2.06 bits per heavy atom. The molecule has 11 heteroatoms. The second-order valence-electron chi connectivity index (χ2n) is 7.53. The first-order chi connectivity index (χ1) is 15.1. The van der Waals surface area contributed by atoms with E-state index in [1.54, 1.807) is 6.20 Å². The molecule has 0 radical (unpaired) electrons. The number of aryl methyl sites for hydroxylation is 3. The van der Waals surface area contributed by atoms with Crippen LogP contribution in [0, 0.1) is 12.8 Å². The molecule has 4 rings (SSSR count). The van der Waals surface area contributed by atoms with E-state index in [1.807, 2.05) is 13.8 Å². The van der Waals surface area contributed by atoms with Crippen LogP contribution in [-0.4, -0.2) is 49.3 Å². The molecule has 1 aliphatic rings. The fourth-order valence-electron chi connectivity index (χ4n) is 3.54. The summed E-state index contributed by atoms with van der Waals surface area (Å²) in [5.41, 5.74) is 0.720. The third-order valence-electron chi connectivity index (χ3n) is 5.23. The highest BCUT2D eigenvalue weighted by molar-refractivity contribution is 7.15. The van der Waals surface area contributed by atoms with E-state index < -0.39 is 0 Å². The molecule has 0 aliphatic carbocycles. The Kier molecular flexibility index (Phi) is 6.50. The average molecular weight is 443 g/mol. The number of amides is 1. The van der Waals surface area contributed by atoms with Crippen LogP contribution in [0.3, 0.4) is 0 Å². The largest absolute Gasteiger partial charge is 0.356 e. The first kappa shape index (κ1) is 21.3. The zero-order valence-corrected chi connectivity index (χ0v) is 18.8. The SMILES string of the molecule is CCCc1nnc(NC(=O)C2CCN(c3nc(C)ncc3-c3nc(CC)no3)CC2)s1. The minimum absolute atomic E-state index is 0.00225. The third-order valence-corrected chi connectivity index (χ3v) is 6.13. The predicted molar refractivity (Wildman–Crippen MR) is 117 cm³/mol. The summed E-state index contributed by atoms with van der Waals surface area (Å²) < 4.78 is 5.41. The van der Waals surface area contributed by atoms with E-state index in [4.69, 9.17) is 4.52 Å². The lowest BCUT2D eigenvalue weighted by molar-refractivity contribution is -0.120. The fraction of sp³-hybridized carbons (Fsp3) is 0.550. The minimum Gasteiger partial charge on any atom is -0.356 e. The number of rotatable bonds is 7. The Hall–Kier alpha value is -2.95. The molecule has 0 saturated carbocycles. The molecular formula is C20H26N8O2S. The Labute approximate surface area is 184 Å². The van der Waals surface area contributed by atoms with Crippen molar-refractivity contribution in [2.24, 2.45) is 5.92 Å². The van der Waals surface area contributed by atoms with E-state index in [0.717, 1.165) is 42.1 Å². The van der Waals surface area contributed by atoms with Crippen molar-refractivity contribution in [2.75, 3.05) is 23.3 Å². The van der Waals surface area contributed by atoms with Crippen molar-refractivity contribution < 1.29 is 9.32 Å². The van der Waals surface area contributed by atoms with E-state index in [0.29, 0.717) is 42.2 Å². The maximum absolute atomic E-state index is 12.7. The van der Waals surface area contributed by atoms with Crippen LogP contribution in [0.4, 0.5) is 10.9 Å². The number of anilines is 2. The van der Waals surface area contributed by atoms with Gasteiger partial charge >= 0.3 is 0 Å². The highest BCUT2D eigenvalue weighted by Crippen LogP contribution is 2.31. The minimum atomic E-state index is -0.0729. The van der Waals surface area contributed by atoms with E-state index in [2.05, 4.69) is 47.4 Å². The lowest BCUT2D eigenvalue weighted by atomic mass is 9.96. The predicted octanol–water partition coefficient (Wildman–Crippen LogP) is 3.06. The number of carbonyl (C=O) groups excluding carboxylic acids is 1. The molecular weight excluding hydrogens is 416 g/mol. The van der Waals surface area contributed by atoms with Crippen LogP contribution in [0.1, 0.15) is 49.8 Å². The second-order valence-corrected chi connectivity index (χ2v) is 8.59. The van der Waals surface area contributed by atoms with Crippen LogP contribution >= 0.6 is 11.3 Å².